The Morgan fingerprint density at radius 2 is 2.07 bits per heavy atom. The Morgan fingerprint density at radius 1 is 1.17 bits per heavy atom. The average Bonchev–Trinajstić information content (AvgIpc) is 3.51. The number of aromatic nitrogens is 5. The Kier molecular flexibility index (Phi) is 4.63. The summed E-state index contributed by atoms with van der Waals surface area (Å²) in [5, 5.41) is 27.1. The Balaban J connectivity index is 1.34. The van der Waals surface area contributed by atoms with Crippen LogP contribution in [0.25, 0.3) is 22.4 Å². The Hall–Kier alpha value is -3.00. The molecular formula is C21H25N7O. The van der Waals surface area contributed by atoms with E-state index < -0.39 is 0 Å². The van der Waals surface area contributed by atoms with Crippen LogP contribution in [0.1, 0.15) is 19.8 Å². The zero-order valence-electron chi connectivity index (χ0n) is 16.5. The van der Waals surface area contributed by atoms with Crippen molar-refractivity contribution in [2.75, 3.05) is 24.5 Å². The van der Waals surface area contributed by atoms with Gasteiger partial charge in [0.2, 0.25) is 5.95 Å². The maximum atomic E-state index is 10.5. The van der Waals surface area contributed by atoms with Gasteiger partial charge in [-0.05, 0) is 43.4 Å². The molecule has 150 valence electrons. The molecule has 3 heterocycles. The number of phenols is 1. The van der Waals surface area contributed by atoms with Crippen LogP contribution in [0.5, 0.6) is 5.75 Å². The van der Waals surface area contributed by atoms with Crippen molar-refractivity contribution in [3.8, 4) is 28.1 Å². The van der Waals surface area contributed by atoms with Crippen molar-refractivity contribution in [3.05, 3.63) is 36.8 Å². The summed E-state index contributed by atoms with van der Waals surface area (Å²) in [6, 6.07) is 6.07. The van der Waals surface area contributed by atoms with Crippen molar-refractivity contribution in [3.63, 3.8) is 0 Å². The summed E-state index contributed by atoms with van der Waals surface area (Å²) in [6.07, 6.45) is 8.10. The number of hydrogen-bond donors (Lipinski definition) is 2. The van der Waals surface area contributed by atoms with Crippen LogP contribution in [0.4, 0.5) is 5.95 Å². The number of piperazine rings is 1. The second kappa shape index (κ2) is 7.44. The fraction of sp³-hybridized carbons (Fsp3) is 0.429. The zero-order chi connectivity index (χ0) is 19.8. The number of benzene rings is 1. The molecule has 1 atom stereocenters. The van der Waals surface area contributed by atoms with E-state index in [0.29, 0.717) is 23.2 Å². The van der Waals surface area contributed by atoms with Crippen molar-refractivity contribution >= 4 is 5.95 Å². The first-order valence-corrected chi connectivity index (χ1v) is 10.3. The Morgan fingerprint density at radius 3 is 2.76 bits per heavy atom. The second-order valence-electron chi connectivity index (χ2n) is 7.80. The number of nitrogens with one attached hydrogen (secondary N) is 1. The van der Waals surface area contributed by atoms with Gasteiger partial charge in [-0.2, -0.15) is 5.10 Å². The predicted octanol–water partition coefficient (Wildman–Crippen LogP) is 2.32. The molecule has 5 rings (SSSR count). The van der Waals surface area contributed by atoms with E-state index in [0.717, 1.165) is 43.2 Å². The largest absolute Gasteiger partial charge is 0.507 e. The number of aromatic hydroxyl groups is 1. The highest BCUT2D eigenvalue weighted by atomic mass is 16.3. The van der Waals surface area contributed by atoms with Gasteiger partial charge in [-0.1, -0.05) is 6.07 Å². The summed E-state index contributed by atoms with van der Waals surface area (Å²) < 4.78 is 1.86. The number of rotatable bonds is 5. The van der Waals surface area contributed by atoms with Gasteiger partial charge >= 0.3 is 0 Å². The van der Waals surface area contributed by atoms with Crippen LogP contribution in [-0.2, 0) is 6.54 Å². The van der Waals surface area contributed by atoms with E-state index in [2.05, 4.69) is 30.5 Å². The van der Waals surface area contributed by atoms with E-state index in [1.807, 2.05) is 29.9 Å². The van der Waals surface area contributed by atoms with Crippen LogP contribution >= 0.6 is 0 Å². The van der Waals surface area contributed by atoms with Crippen molar-refractivity contribution in [2.24, 2.45) is 5.92 Å². The molecule has 2 N–H and O–H groups in total. The maximum Gasteiger partial charge on any atom is 0.245 e. The van der Waals surface area contributed by atoms with E-state index in [1.54, 1.807) is 18.5 Å². The third-order valence-corrected chi connectivity index (χ3v) is 5.79. The van der Waals surface area contributed by atoms with Crippen molar-refractivity contribution < 1.29 is 5.11 Å². The summed E-state index contributed by atoms with van der Waals surface area (Å²) in [4.78, 5) is 6.73. The van der Waals surface area contributed by atoms with Gasteiger partial charge in [-0.3, -0.25) is 4.68 Å². The highest BCUT2D eigenvalue weighted by Crippen LogP contribution is 2.34. The van der Waals surface area contributed by atoms with Gasteiger partial charge in [-0.25, -0.2) is 4.98 Å². The minimum atomic E-state index is 0.159. The molecule has 1 aromatic carbocycles. The molecule has 2 aliphatic rings. The zero-order valence-corrected chi connectivity index (χ0v) is 16.5. The van der Waals surface area contributed by atoms with Gasteiger partial charge in [0.1, 0.15) is 11.4 Å². The van der Waals surface area contributed by atoms with Gasteiger partial charge in [0.05, 0.1) is 12.4 Å². The third kappa shape index (κ3) is 3.67. The molecule has 29 heavy (non-hydrogen) atoms. The van der Waals surface area contributed by atoms with Crippen LogP contribution in [0.3, 0.4) is 0 Å². The molecule has 2 fully saturated rings. The van der Waals surface area contributed by atoms with Crippen LogP contribution in [0.2, 0.25) is 0 Å². The van der Waals surface area contributed by atoms with Crippen molar-refractivity contribution in [2.45, 2.75) is 32.4 Å². The first kappa shape index (κ1) is 18.1. The lowest BCUT2D eigenvalue weighted by Crippen LogP contribution is -2.52. The van der Waals surface area contributed by atoms with Crippen LogP contribution in [0.15, 0.2) is 36.8 Å². The SMILES string of the molecule is CCn1cc(-c2ccc(-c3cnc(N4CCN[C@@H](C5CC5)C4)nn3)c(O)c2)cn1. The number of hydrogen-bond acceptors (Lipinski definition) is 7. The number of anilines is 1. The lowest BCUT2D eigenvalue weighted by molar-refractivity contribution is 0.414. The van der Waals surface area contributed by atoms with Crippen LogP contribution < -0.4 is 10.2 Å². The lowest BCUT2D eigenvalue weighted by atomic mass is 10.0. The van der Waals surface area contributed by atoms with E-state index in [1.165, 1.54) is 12.8 Å². The van der Waals surface area contributed by atoms with E-state index >= 15 is 0 Å². The molecule has 0 radical (unpaired) electrons. The van der Waals surface area contributed by atoms with Gasteiger partial charge in [-0.15, -0.1) is 10.2 Å². The molecule has 0 unspecified atom stereocenters. The third-order valence-electron chi connectivity index (χ3n) is 5.79. The van der Waals surface area contributed by atoms with E-state index in [4.69, 9.17) is 0 Å². The molecule has 1 aliphatic heterocycles. The number of phenolic OH excluding ortho intramolecular Hbond substituents is 1. The monoisotopic (exact) mass is 391 g/mol. The molecule has 1 saturated heterocycles. The molecule has 1 saturated carbocycles. The minimum Gasteiger partial charge on any atom is -0.507 e. The molecule has 1 aliphatic carbocycles. The van der Waals surface area contributed by atoms with Gasteiger partial charge in [0.15, 0.2) is 0 Å². The topological polar surface area (TPSA) is 92.0 Å². The van der Waals surface area contributed by atoms with E-state index in [9.17, 15) is 5.11 Å². The molecule has 0 amide bonds. The standard InChI is InChI=1S/C21H25N7O/c1-2-28-12-16(10-24-28)15-5-6-17(20(29)9-15)18-11-23-21(26-25-18)27-8-7-22-19(13-27)14-3-4-14/h5-6,9-12,14,19,22,29H,2-4,7-8,13H2,1H3/t19-/m1/s1. The van der Waals surface area contributed by atoms with Gasteiger partial charge in [0.25, 0.3) is 0 Å². The molecule has 3 aromatic rings. The Labute approximate surface area is 169 Å². The van der Waals surface area contributed by atoms with E-state index in [-0.39, 0.29) is 5.75 Å². The molecule has 8 nitrogen and oxygen atoms in total. The first-order chi connectivity index (χ1) is 14.2. The molecular weight excluding hydrogens is 366 g/mol. The van der Waals surface area contributed by atoms with Crippen LogP contribution in [0, 0.1) is 5.92 Å². The lowest BCUT2D eigenvalue weighted by Gasteiger charge is -2.33. The quantitative estimate of drug-likeness (QED) is 0.689. The molecule has 0 spiro atoms. The highest BCUT2D eigenvalue weighted by molar-refractivity contribution is 5.73. The highest BCUT2D eigenvalue weighted by Gasteiger charge is 2.34. The minimum absolute atomic E-state index is 0.159. The number of aryl methyl sites for hydroxylation is 1. The average molecular weight is 391 g/mol. The summed E-state index contributed by atoms with van der Waals surface area (Å²) in [5.41, 5.74) is 3.07. The molecule has 2 aromatic heterocycles. The molecule has 0 bridgehead atoms. The summed E-state index contributed by atoms with van der Waals surface area (Å²) in [6.45, 7) is 5.61. The molecule has 8 heteroatoms. The van der Waals surface area contributed by atoms with Gasteiger partial charge < -0.3 is 15.3 Å². The second-order valence-corrected chi connectivity index (χ2v) is 7.80. The summed E-state index contributed by atoms with van der Waals surface area (Å²) >= 11 is 0. The normalized spacial score (nSPS) is 19.5. The fourth-order valence-corrected chi connectivity index (χ4v) is 3.92. The van der Waals surface area contributed by atoms with Crippen molar-refractivity contribution in [1.29, 1.82) is 0 Å². The predicted molar refractivity (Wildman–Crippen MR) is 111 cm³/mol. The number of nitrogens with zero attached hydrogens (tertiary/aromatic N) is 6. The van der Waals surface area contributed by atoms with Crippen LogP contribution in [-0.4, -0.2) is 55.7 Å². The smallest absolute Gasteiger partial charge is 0.245 e. The first-order valence-electron chi connectivity index (χ1n) is 10.3. The fourth-order valence-electron chi connectivity index (χ4n) is 3.92. The summed E-state index contributed by atoms with van der Waals surface area (Å²) in [7, 11) is 0. The van der Waals surface area contributed by atoms with Gasteiger partial charge in [0, 0.05) is 49.5 Å². The van der Waals surface area contributed by atoms with Crippen molar-refractivity contribution in [1.82, 2.24) is 30.3 Å². The summed E-state index contributed by atoms with van der Waals surface area (Å²) in [5.74, 6) is 1.61. The Bertz CT molecular complexity index is 997. The maximum absolute atomic E-state index is 10.5.